The van der Waals surface area contributed by atoms with Crippen molar-refractivity contribution in [3.05, 3.63) is 77.5 Å². The number of carbonyl (C=O) groups excluding carboxylic acids is 1. The van der Waals surface area contributed by atoms with Crippen molar-refractivity contribution in [2.45, 2.75) is 6.92 Å². The van der Waals surface area contributed by atoms with Crippen LogP contribution in [0.15, 0.2) is 65.2 Å². The monoisotopic (exact) mass is 353 g/mol. The zero-order valence-corrected chi connectivity index (χ0v) is 14.6. The molecular formula is C22H15N3O2. The van der Waals surface area contributed by atoms with Gasteiger partial charge in [0.05, 0.1) is 22.3 Å². The largest absolute Gasteiger partial charge is 0.335 e. The average molecular weight is 353 g/mol. The molecule has 0 unspecified atom stereocenters. The maximum Gasteiger partial charge on any atom is 0.259 e. The van der Waals surface area contributed by atoms with E-state index in [1.807, 2.05) is 30.3 Å². The van der Waals surface area contributed by atoms with Gasteiger partial charge in [0.1, 0.15) is 0 Å². The zero-order chi connectivity index (χ0) is 18.8. The maximum absolute atomic E-state index is 13.0. The third kappa shape index (κ3) is 3.16. The van der Waals surface area contributed by atoms with Crippen LogP contribution >= 0.6 is 0 Å². The number of anilines is 1. The van der Waals surface area contributed by atoms with E-state index in [0.29, 0.717) is 39.3 Å². The van der Waals surface area contributed by atoms with Crippen LogP contribution in [0.2, 0.25) is 0 Å². The van der Waals surface area contributed by atoms with Crippen LogP contribution in [0.25, 0.3) is 22.4 Å². The Bertz CT molecular complexity index is 1190. The van der Waals surface area contributed by atoms with E-state index in [2.05, 4.69) is 21.4 Å². The highest BCUT2D eigenvalue weighted by molar-refractivity contribution is 6.13. The van der Waals surface area contributed by atoms with Crippen LogP contribution in [0.4, 0.5) is 5.69 Å². The molecule has 0 saturated heterocycles. The van der Waals surface area contributed by atoms with E-state index < -0.39 is 0 Å². The highest BCUT2D eigenvalue weighted by Gasteiger charge is 2.19. The molecule has 4 aromatic rings. The van der Waals surface area contributed by atoms with Gasteiger partial charge in [-0.3, -0.25) is 4.79 Å². The van der Waals surface area contributed by atoms with Crippen molar-refractivity contribution in [2.24, 2.45) is 0 Å². The minimum absolute atomic E-state index is 0.278. The van der Waals surface area contributed by atoms with E-state index in [0.717, 1.165) is 5.56 Å². The number of amides is 1. The summed E-state index contributed by atoms with van der Waals surface area (Å²) in [6.45, 7) is 1.78. The third-order valence-corrected chi connectivity index (χ3v) is 4.22. The minimum Gasteiger partial charge on any atom is -0.335 e. The van der Waals surface area contributed by atoms with Gasteiger partial charge in [-0.25, -0.2) is 4.98 Å². The van der Waals surface area contributed by atoms with Crippen LogP contribution < -0.4 is 5.32 Å². The summed E-state index contributed by atoms with van der Waals surface area (Å²) >= 11 is 0. The smallest absolute Gasteiger partial charge is 0.259 e. The van der Waals surface area contributed by atoms with Crippen LogP contribution in [0.3, 0.4) is 0 Å². The number of pyridine rings is 1. The molecule has 0 bridgehead atoms. The molecule has 0 spiro atoms. The van der Waals surface area contributed by atoms with Crippen molar-refractivity contribution in [3.8, 4) is 23.6 Å². The molecule has 130 valence electrons. The lowest BCUT2D eigenvalue weighted by molar-refractivity contribution is 0.102. The van der Waals surface area contributed by atoms with E-state index in [-0.39, 0.29) is 5.91 Å². The van der Waals surface area contributed by atoms with Gasteiger partial charge >= 0.3 is 0 Å². The Balaban J connectivity index is 1.80. The fraction of sp³-hybridized carbons (Fsp3) is 0.0455. The van der Waals surface area contributed by atoms with E-state index in [1.54, 1.807) is 37.3 Å². The lowest BCUT2D eigenvalue weighted by Crippen LogP contribution is -2.13. The lowest BCUT2D eigenvalue weighted by atomic mass is 10.0. The Morgan fingerprint density at radius 1 is 1.11 bits per heavy atom. The molecule has 5 heteroatoms. The van der Waals surface area contributed by atoms with Crippen LogP contribution in [0.5, 0.6) is 0 Å². The Hall–Kier alpha value is -3.91. The van der Waals surface area contributed by atoms with Crippen molar-refractivity contribution in [3.63, 3.8) is 0 Å². The van der Waals surface area contributed by atoms with Gasteiger partial charge in [0.2, 0.25) is 0 Å². The van der Waals surface area contributed by atoms with Crippen LogP contribution in [-0.2, 0) is 0 Å². The molecule has 2 aromatic carbocycles. The first-order valence-electron chi connectivity index (χ1n) is 8.36. The fourth-order valence-electron chi connectivity index (χ4n) is 2.92. The molecule has 0 atom stereocenters. The lowest BCUT2D eigenvalue weighted by Gasteiger charge is -2.09. The molecule has 0 saturated carbocycles. The van der Waals surface area contributed by atoms with Crippen LogP contribution in [0.1, 0.15) is 21.6 Å². The van der Waals surface area contributed by atoms with Crippen molar-refractivity contribution >= 4 is 22.7 Å². The van der Waals surface area contributed by atoms with Gasteiger partial charge in [0.15, 0.2) is 0 Å². The molecule has 5 nitrogen and oxygen atoms in total. The van der Waals surface area contributed by atoms with Crippen molar-refractivity contribution in [1.29, 1.82) is 0 Å². The number of aryl methyl sites for hydroxylation is 1. The van der Waals surface area contributed by atoms with Gasteiger partial charge < -0.3 is 9.84 Å². The molecule has 0 aliphatic rings. The minimum atomic E-state index is -0.278. The van der Waals surface area contributed by atoms with Crippen LogP contribution in [0, 0.1) is 19.3 Å². The second kappa shape index (κ2) is 6.77. The van der Waals surface area contributed by atoms with Gasteiger partial charge in [-0.2, -0.15) is 0 Å². The fourth-order valence-corrected chi connectivity index (χ4v) is 2.92. The molecule has 1 amide bonds. The molecule has 0 aliphatic carbocycles. The first kappa shape index (κ1) is 16.6. The summed E-state index contributed by atoms with van der Waals surface area (Å²) in [4.78, 5) is 17.5. The topological polar surface area (TPSA) is 68.0 Å². The van der Waals surface area contributed by atoms with Crippen molar-refractivity contribution in [1.82, 2.24) is 10.1 Å². The second-order valence-corrected chi connectivity index (χ2v) is 6.05. The van der Waals surface area contributed by atoms with Gasteiger partial charge in [-0.05, 0) is 31.2 Å². The highest BCUT2D eigenvalue weighted by atomic mass is 16.5. The van der Waals surface area contributed by atoms with Crippen molar-refractivity contribution < 1.29 is 9.32 Å². The van der Waals surface area contributed by atoms with E-state index in [9.17, 15) is 4.79 Å². The summed E-state index contributed by atoms with van der Waals surface area (Å²) in [7, 11) is 0. The standard InChI is InChI=1S/C22H15N3O2/c1-3-15-8-7-11-17(12-15)23-21(26)18-13-19(16-9-5-4-6-10-16)24-22-20(18)14(2)25-27-22/h1,4-13H,2H3,(H,23,26). The number of aromatic nitrogens is 2. The number of hydrogen-bond acceptors (Lipinski definition) is 4. The number of fused-ring (bicyclic) bond motifs is 1. The average Bonchev–Trinajstić information content (AvgIpc) is 3.09. The Morgan fingerprint density at radius 3 is 2.70 bits per heavy atom. The summed E-state index contributed by atoms with van der Waals surface area (Å²) in [6, 6.07) is 18.5. The number of benzene rings is 2. The molecular weight excluding hydrogens is 338 g/mol. The Labute approximate surface area is 156 Å². The summed E-state index contributed by atoms with van der Waals surface area (Å²) in [5, 5.41) is 7.45. The van der Waals surface area contributed by atoms with Crippen LogP contribution in [-0.4, -0.2) is 16.0 Å². The molecule has 0 fully saturated rings. The maximum atomic E-state index is 13.0. The number of terminal acetylenes is 1. The highest BCUT2D eigenvalue weighted by Crippen LogP contribution is 2.27. The molecule has 1 N–H and O–H groups in total. The quantitative estimate of drug-likeness (QED) is 0.553. The number of nitrogens with one attached hydrogen (secondary N) is 1. The Morgan fingerprint density at radius 2 is 1.93 bits per heavy atom. The molecule has 2 heterocycles. The second-order valence-electron chi connectivity index (χ2n) is 6.05. The number of hydrogen-bond donors (Lipinski definition) is 1. The van der Waals surface area contributed by atoms with Gasteiger partial charge in [-0.1, -0.05) is 47.5 Å². The summed E-state index contributed by atoms with van der Waals surface area (Å²) in [5.41, 5.74) is 4.23. The van der Waals surface area contributed by atoms with E-state index in [4.69, 9.17) is 10.9 Å². The van der Waals surface area contributed by atoms with E-state index in [1.165, 1.54) is 0 Å². The molecule has 0 radical (unpaired) electrons. The Kier molecular flexibility index (Phi) is 4.15. The van der Waals surface area contributed by atoms with E-state index >= 15 is 0 Å². The zero-order valence-electron chi connectivity index (χ0n) is 14.6. The predicted molar refractivity (Wildman–Crippen MR) is 104 cm³/mol. The molecule has 4 rings (SSSR count). The summed E-state index contributed by atoms with van der Waals surface area (Å²) in [6.07, 6.45) is 5.43. The molecule has 2 aromatic heterocycles. The van der Waals surface area contributed by atoms with Gasteiger partial charge in [0.25, 0.3) is 11.6 Å². The SMILES string of the molecule is C#Cc1cccc(NC(=O)c2cc(-c3ccccc3)nc3onc(C)c23)c1. The first-order valence-corrected chi connectivity index (χ1v) is 8.36. The van der Waals surface area contributed by atoms with Gasteiger partial charge in [-0.15, -0.1) is 6.42 Å². The molecule has 27 heavy (non-hydrogen) atoms. The van der Waals surface area contributed by atoms with Crippen molar-refractivity contribution in [2.75, 3.05) is 5.32 Å². The normalized spacial score (nSPS) is 10.5. The number of nitrogens with zero attached hydrogens (tertiary/aromatic N) is 2. The third-order valence-electron chi connectivity index (χ3n) is 4.22. The summed E-state index contributed by atoms with van der Waals surface area (Å²) < 4.78 is 5.32. The molecule has 0 aliphatic heterocycles. The first-order chi connectivity index (χ1) is 13.2. The number of carbonyl (C=O) groups is 1. The van der Waals surface area contributed by atoms with Gasteiger partial charge in [0, 0.05) is 16.8 Å². The number of rotatable bonds is 3. The summed E-state index contributed by atoms with van der Waals surface area (Å²) in [5.74, 6) is 2.28. The predicted octanol–water partition coefficient (Wildman–Crippen LogP) is 4.43.